The van der Waals surface area contributed by atoms with Gasteiger partial charge in [-0.25, -0.2) is 0 Å². The Bertz CT molecular complexity index is 1130. The highest BCUT2D eigenvalue weighted by atomic mass is 79.9. The van der Waals surface area contributed by atoms with Gasteiger partial charge in [-0.1, -0.05) is 27.5 Å². The number of halogens is 2. The van der Waals surface area contributed by atoms with Crippen LogP contribution in [0.3, 0.4) is 0 Å². The summed E-state index contributed by atoms with van der Waals surface area (Å²) in [6.45, 7) is 0.236. The minimum absolute atomic E-state index is 0.0492. The molecule has 3 aromatic carbocycles. The summed E-state index contributed by atoms with van der Waals surface area (Å²) in [5, 5.41) is 16.9. The standard InChI is InChI=1S/C23H18BrClN2O3/c24-15-4-1-13(2-5-15)23-26-18(14-3-8-21-22(9-14)30-12-29-21)11-19(27-23)17-10-16(25)6-7-20(17)28/h1-11,19,23,26-28H,12H2/p+1. The number of aromatic hydroxyl groups is 1. The quantitative estimate of drug-likeness (QED) is 0.510. The maximum absolute atomic E-state index is 10.5. The topological polar surface area (TPSA) is 67.3 Å². The molecule has 4 N–H and O–H groups in total. The summed E-state index contributed by atoms with van der Waals surface area (Å²) in [6, 6.07) is 19.1. The first kappa shape index (κ1) is 19.3. The molecule has 2 aliphatic rings. The number of ether oxygens (including phenoxy) is 2. The van der Waals surface area contributed by atoms with Crippen LogP contribution in [0.25, 0.3) is 5.70 Å². The Kier molecular flexibility index (Phi) is 5.06. The zero-order valence-electron chi connectivity index (χ0n) is 15.8. The molecule has 152 valence electrons. The van der Waals surface area contributed by atoms with Crippen molar-refractivity contribution in [3.8, 4) is 17.2 Å². The Morgan fingerprint density at radius 1 is 1.00 bits per heavy atom. The number of phenols is 1. The van der Waals surface area contributed by atoms with E-state index in [0.29, 0.717) is 5.02 Å². The van der Waals surface area contributed by atoms with Gasteiger partial charge < -0.3 is 25.2 Å². The molecule has 0 bridgehead atoms. The average Bonchev–Trinajstić information content (AvgIpc) is 3.23. The number of fused-ring (bicyclic) bond motifs is 1. The van der Waals surface area contributed by atoms with E-state index in [2.05, 4.69) is 44.8 Å². The lowest BCUT2D eigenvalue weighted by Gasteiger charge is -2.30. The van der Waals surface area contributed by atoms with Crippen molar-refractivity contribution in [1.29, 1.82) is 0 Å². The summed E-state index contributed by atoms with van der Waals surface area (Å²) >= 11 is 9.72. The molecule has 3 aromatic rings. The molecule has 7 heteroatoms. The molecule has 0 spiro atoms. The molecule has 0 saturated heterocycles. The molecule has 2 aliphatic heterocycles. The Labute approximate surface area is 187 Å². The van der Waals surface area contributed by atoms with Crippen LogP contribution in [0.5, 0.6) is 17.2 Å². The highest BCUT2D eigenvalue weighted by Crippen LogP contribution is 2.36. The van der Waals surface area contributed by atoms with Gasteiger partial charge >= 0.3 is 0 Å². The van der Waals surface area contributed by atoms with Gasteiger partial charge in [0.1, 0.15) is 11.8 Å². The molecule has 0 amide bonds. The van der Waals surface area contributed by atoms with Crippen LogP contribution in [0, 0.1) is 0 Å². The van der Waals surface area contributed by atoms with E-state index in [1.807, 2.05) is 36.4 Å². The second-order valence-corrected chi connectivity index (χ2v) is 8.60. The average molecular weight is 487 g/mol. The minimum Gasteiger partial charge on any atom is -0.507 e. The third-order valence-electron chi connectivity index (χ3n) is 5.32. The molecule has 30 heavy (non-hydrogen) atoms. The van der Waals surface area contributed by atoms with Crippen LogP contribution in [0.1, 0.15) is 28.9 Å². The van der Waals surface area contributed by atoms with Crippen molar-refractivity contribution in [1.82, 2.24) is 5.32 Å². The molecule has 0 fully saturated rings. The van der Waals surface area contributed by atoms with E-state index >= 15 is 0 Å². The number of nitrogens with two attached hydrogens (primary N) is 1. The Balaban J connectivity index is 1.57. The van der Waals surface area contributed by atoms with Gasteiger partial charge in [0, 0.05) is 32.4 Å². The van der Waals surface area contributed by atoms with E-state index in [-0.39, 0.29) is 24.8 Å². The van der Waals surface area contributed by atoms with Gasteiger partial charge in [-0.3, -0.25) is 0 Å². The fraction of sp³-hybridized carbons (Fsp3) is 0.130. The molecule has 0 aromatic heterocycles. The summed E-state index contributed by atoms with van der Waals surface area (Å²) < 4.78 is 12.0. The summed E-state index contributed by atoms with van der Waals surface area (Å²) in [5.74, 6) is 1.70. The second-order valence-electron chi connectivity index (χ2n) is 7.24. The molecule has 5 nitrogen and oxygen atoms in total. The third-order valence-corrected chi connectivity index (χ3v) is 6.08. The summed E-state index contributed by atoms with van der Waals surface area (Å²) in [4.78, 5) is 0. The first-order valence-corrected chi connectivity index (χ1v) is 10.7. The zero-order valence-corrected chi connectivity index (χ0v) is 18.2. The molecular formula is C23H19BrClN2O3+. The van der Waals surface area contributed by atoms with Gasteiger partial charge in [-0.05, 0) is 60.7 Å². The van der Waals surface area contributed by atoms with Crippen LogP contribution in [0.15, 0.2) is 71.2 Å². The van der Waals surface area contributed by atoms with Gasteiger partial charge in [0.15, 0.2) is 17.7 Å². The SMILES string of the molecule is Oc1ccc(Cl)cc1C1C=C(c2ccc3c(c2)OCO3)NC(c2ccc(Br)cc2)[NH2+]1. The fourth-order valence-electron chi connectivity index (χ4n) is 3.80. The van der Waals surface area contributed by atoms with Gasteiger partial charge in [0.05, 0.1) is 5.56 Å². The van der Waals surface area contributed by atoms with Crippen molar-refractivity contribution in [2.75, 3.05) is 6.79 Å². The van der Waals surface area contributed by atoms with E-state index < -0.39 is 0 Å². The monoisotopic (exact) mass is 485 g/mol. The van der Waals surface area contributed by atoms with Crippen molar-refractivity contribution in [2.24, 2.45) is 0 Å². The largest absolute Gasteiger partial charge is 0.507 e. The maximum atomic E-state index is 10.5. The summed E-state index contributed by atoms with van der Waals surface area (Å²) in [7, 11) is 0. The van der Waals surface area contributed by atoms with E-state index in [9.17, 15) is 5.11 Å². The van der Waals surface area contributed by atoms with Crippen molar-refractivity contribution in [3.63, 3.8) is 0 Å². The lowest BCUT2D eigenvalue weighted by atomic mass is 9.97. The van der Waals surface area contributed by atoms with Crippen molar-refractivity contribution in [3.05, 3.63) is 92.9 Å². The normalized spacial score (nSPS) is 19.9. The first-order valence-electron chi connectivity index (χ1n) is 9.54. The smallest absolute Gasteiger partial charge is 0.231 e. The number of phenolic OH excluding ortho intramolecular Hbond substituents is 1. The van der Waals surface area contributed by atoms with Crippen LogP contribution in [-0.4, -0.2) is 11.9 Å². The predicted molar refractivity (Wildman–Crippen MR) is 118 cm³/mol. The van der Waals surface area contributed by atoms with Gasteiger partial charge in [0.25, 0.3) is 0 Å². The molecule has 0 saturated carbocycles. The molecule has 2 atom stereocenters. The zero-order chi connectivity index (χ0) is 20.7. The Morgan fingerprint density at radius 3 is 2.63 bits per heavy atom. The van der Waals surface area contributed by atoms with Crippen LogP contribution in [-0.2, 0) is 0 Å². The highest BCUT2D eigenvalue weighted by molar-refractivity contribution is 9.10. The van der Waals surface area contributed by atoms with E-state index in [1.54, 1.807) is 12.1 Å². The van der Waals surface area contributed by atoms with Crippen molar-refractivity contribution >= 4 is 33.2 Å². The maximum Gasteiger partial charge on any atom is 0.231 e. The number of quaternary nitrogens is 1. The van der Waals surface area contributed by atoms with Gasteiger partial charge in [-0.2, -0.15) is 0 Å². The van der Waals surface area contributed by atoms with E-state index in [1.165, 1.54) is 0 Å². The number of benzene rings is 3. The molecular weight excluding hydrogens is 468 g/mol. The van der Waals surface area contributed by atoms with E-state index in [4.69, 9.17) is 21.1 Å². The molecule has 0 aliphatic carbocycles. The Morgan fingerprint density at radius 2 is 1.80 bits per heavy atom. The molecule has 0 radical (unpaired) electrons. The van der Waals surface area contributed by atoms with Crippen LogP contribution < -0.4 is 20.1 Å². The van der Waals surface area contributed by atoms with Crippen molar-refractivity contribution in [2.45, 2.75) is 12.2 Å². The second kappa shape index (κ2) is 7.87. The summed E-state index contributed by atoms with van der Waals surface area (Å²) in [5.41, 5.74) is 3.83. The number of rotatable bonds is 3. The van der Waals surface area contributed by atoms with Crippen LogP contribution in [0.2, 0.25) is 5.02 Å². The Hall–Kier alpha value is -2.67. The third kappa shape index (κ3) is 3.74. The van der Waals surface area contributed by atoms with Crippen LogP contribution in [0.4, 0.5) is 0 Å². The lowest BCUT2D eigenvalue weighted by Crippen LogP contribution is -2.89. The minimum atomic E-state index is -0.126. The summed E-state index contributed by atoms with van der Waals surface area (Å²) in [6.07, 6.45) is 2.05. The highest BCUT2D eigenvalue weighted by Gasteiger charge is 2.30. The van der Waals surface area contributed by atoms with Crippen molar-refractivity contribution < 1.29 is 19.9 Å². The fourth-order valence-corrected chi connectivity index (χ4v) is 4.25. The lowest BCUT2D eigenvalue weighted by molar-refractivity contribution is -0.731. The predicted octanol–water partition coefficient (Wildman–Crippen LogP) is 4.48. The van der Waals surface area contributed by atoms with E-state index in [0.717, 1.165) is 38.4 Å². The number of nitrogens with one attached hydrogen (secondary N) is 1. The number of hydrogen-bond donors (Lipinski definition) is 3. The molecule has 2 unspecified atom stereocenters. The van der Waals surface area contributed by atoms with Gasteiger partial charge in [0.2, 0.25) is 6.79 Å². The van der Waals surface area contributed by atoms with Gasteiger partial charge in [-0.15, -0.1) is 0 Å². The number of hydrogen-bond acceptors (Lipinski definition) is 4. The molecule has 2 heterocycles. The van der Waals surface area contributed by atoms with Crippen LogP contribution >= 0.6 is 27.5 Å². The molecule has 5 rings (SSSR count). The first-order chi connectivity index (χ1) is 14.6.